The smallest absolute Gasteiger partial charge is 0.306 e. The molecule has 0 radical (unpaired) electrons. The molecule has 0 unspecified atom stereocenters. The third kappa shape index (κ3) is 2.76. The molecule has 76 valence electrons. The fourth-order valence-electron chi connectivity index (χ4n) is 0.871. The van der Waals surface area contributed by atoms with E-state index in [-0.39, 0.29) is 5.56 Å². The predicted molar refractivity (Wildman–Crippen MR) is 44.8 cm³/mol. The van der Waals surface area contributed by atoms with Crippen molar-refractivity contribution < 1.29 is 18.3 Å². The first-order chi connectivity index (χ1) is 6.52. The van der Waals surface area contributed by atoms with Crippen LogP contribution in [0.5, 0.6) is 0 Å². The van der Waals surface area contributed by atoms with E-state index in [9.17, 15) is 13.6 Å². The SMILES string of the molecule is CC(=O)OCC(F)(F)c1ccncc1. The Morgan fingerprint density at radius 1 is 1.50 bits per heavy atom. The third-order valence-electron chi connectivity index (χ3n) is 1.56. The number of nitrogens with zero attached hydrogens (tertiary/aromatic N) is 1. The number of halogens is 2. The second-order valence-electron chi connectivity index (χ2n) is 2.72. The highest BCUT2D eigenvalue weighted by molar-refractivity contribution is 5.65. The van der Waals surface area contributed by atoms with E-state index < -0.39 is 18.5 Å². The molecule has 0 aliphatic carbocycles. The van der Waals surface area contributed by atoms with Crippen LogP contribution in [-0.2, 0) is 15.5 Å². The van der Waals surface area contributed by atoms with Crippen molar-refractivity contribution in [3.05, 3.63) is 30.1 Å². The van der Waals surface area contributed by atoms with Gasteiger partial charge in [-0.15, -0.1) is 0 Å². The van der Waals surface area contributed by atoms with Gasteiger partial charge in [-0.1, -0.05) is 0 Å². The highest BCUT2D eigenvalue weighted by Crippen LogP contribution is 2.27. The number of carbonyl (C=O) groups is 1. The zero-order valence-electron chi connectivity index (χ0n) is 7.54. The first kappa shape index (κ1) is 10.6. The molecule has 14 heavy (non-hydrogen) atoms. The highest BCUT2D eigenvalue weighted by atomic mass is 19.3. The minimum absolute atomic E-state index is 0.214. The lowest BCUT2D eigenvalue weighted by Gasteiger charge is -2.15. The molecular formula is C9H9F2NO2. The molecule has 1 aromatic heterocycles. The van der Waals surface area contributed by atoms with E-state index in [0.29, 0.717) is 0 Å². The van der Waals surface area contributed by atoms with Crippen LogP contribution in [-0.4, -0.2) is 17.6 Å². The molecule has 0 aromatic carbocycles. The van der Waals surface area contributed by atoms with Crippen LogP contribution in [0.25, 0.3) is 0 Å². The molecule has 5 heteroatoms. The van der Waals surface area contributed by atoms with Crippen LogP contribution in [0.15, 0.2) is 24.5 Å². The number of aromatic nitrogens is 1. The summed E-state index contributed by atoms with van der Waals surface area (Å²) in [6.07, 6.45) is 2.52. The molecule has 0 saturated carbocycles. The second-order valence-corrected chi connectivity index (χ2v) is 2.72. The summed E-state index contributed by atoms with van der Waals surface area (Å²) in [7, 11) is 0. The van der Waals surface area contributed by atoms with E-state index in [0.717, 1.165) is 6.92 Å². The highest BCUT2D eigenvalue weighted by Gasteiger charge is 2.32. The molecule has 1 aromatic rings. The van der Waals surface area contributed by atoms with Gasteiger partial charge in [-0.25, -0.2) is 0 Å². The lowest BCUT2D eigenvalue weighted by Crippen LogP contribution is -2.22. The summed E-state index contributed by atoms with van der Waals surface area (Å²) in [5.74, 6) is -3.88. The summed E-state index contributed by atoms with van der Waals surface area (Å²) in [5.41, 5.74) is -0.214. The molecule has 0 aliphatic heterocycles. The fraction of sp³-hybridized carbons (Fsp3) is 0.333. The number of rotatable bonds is 3. The number of ether oxygens (including phenoxy) is 1. The number of hydrogen-bond acceptors (Lipinski definition) is 3. The van der Waals surface area contributed by atoms with Gasteiger partial charge in [0.05, 0.1) is 0 Å². The molecule has 0 aliphatic rings. The summed E-state index contributed by atoms with van der Waals surface area (Å²) >= 11 is 0. The zero-order chi connectivity index (χ0) is 10.6. The number of carbonyl (C=O) groups excluding carboxylic acids is 1. The summed E-state index contributed by atoms with van der Waals surface area (Å²) in [5, 5.41) is 0. The van der Waals surface area contributed by atoms with Gasteiger partial charge in [0.25, 0.3) is 0 Å². The molecule has 0 spiro atoms. The minimum Gasteiger partial charge on any atom is -0.459 e. The third-order valence-corrected chi connectivity index (χ3v) is 1.56. The number of hydrogen-bond donors (Lipinski definition) is 0. The monoisotopic (exact) mass is 201 g/mol. The van der Waals surface area contributed by atoms with Crippen molar-refractivity contribution in [1.29, 1.82) is 0 Å². The average molecular weight is 201 g/mol. The fourth-order valence-corrected chi connectivity index (χ4v) is 0.871. The molecule has 0 bridgehead atoms. The molecule has 3 nitrogen and oxygen atoms in total. The molecule has 0 N–H and O–H groups in total. The summed E-state index contributed by atoms with van der Waals surface area (Å²) in [6.45, 7) is 0.148. The molecular weight excluding hydrogens is 192 g/mol. The lowest BCUT2D eigenvalue weighted by molar-refractivity contribution is -0.153. The maximum atomic E-state index is 13.2. The Balaban J connectivity index is 2.70. The van der Waals surface area contributed by atoms with Crippen molar-refractivity contribution in [3.8, 4) is 0 Å². The van der Waals surface area contributed by atoms with Crippen molar-refractivity contribution in [2.75, 3.05) is 6.61 Å². The van der Waals surface area contributed by atoms with Crippen molar-refractivity contribution in [2.24, 2.45) is 0 Å². The molecule has 0 amide bonds. The van der Waals surface area contributed by atoms with Gasteiger partial charge in [-0.05, 0) is 12.1 Å². The van der Waals surface area contributed by atoms with Crippen LogP contribution >= 0.6 is 0 Å². The maximum absolute atomic E-state index is 13.2. The molecule has 0 saturated heterocycles. The van der Waals surface area contributed by atoms with E-state index in [1.165, 1.54) is 24.5 Å². The van der Waals surface area contributed by atoms with Gasteiger partial charge < -0.3 is 4.74 Å². The Bertz CT molecular complexity index is 314. The van der Waals surface area contributed by atoms with E-state index in [1.807, 2.05) is 0 Å². The van der Waals surface area contributed by atoms with Gasteiger partial charge in [0.1, 0.15) is 0 Å². The van der Waals surface area contributed by atoms with Crippen LogP contribution < -0.4 is 0 Å². The maximum Gasteiger partial charge on any atom is 0.306 e. The zero-order valence-corrected chi connectivity index (χ0v) is 7.54. The van der Waals surface area contributed by atoms with Crippen molar-refractivity contribution in [2.45, 2.75) is 12.8 Å². The first-order valence-electron chi connectivity index (χ1n) is 3.94. The summed E-state index contributed by atoms with van der Waals surface area (Å²) in [6, 6.07) is 2.37. The van der Waals surface area contributed by atoms with Gasteiger partial charge in [0, 0.05) is 24.9 Å². The van der Waals surface area contributed by atoms with Crippen LogP contribution in [0, 0.1) is 0 Å². The van der Waals surface area contributed by atoms with E-state index in [1.54, 1.807) is 0 Å². The average Bonchev–Trinajstić information content (AvgIpc) is 2.16. The van der Waals surface area contributed by atoms with Crippen molar-refractivity contribution in [3.63, 3.8) is 0 Å². The van der Waals surface area contributed by atoms with Gasteiger partial charge in [0.15, 0.2) is 6.61 Å². The quantitative estimate of drug-likeness (QED) is 0.699. The van der Waals surface area contributed by atoms with Crippen molar-refractivity contribution in [1.82, 2.24) is 4.98 Å². The van der Waals surface area contributed by atoms with E-state index in [4.69, 9.17) is 0 Å². The van der Waals surface area contributed by atoms with E-state index in [2.05, 4.69) is 9.72 Å². The van der Waals surface area contributed by atoms with Gasteiger partial charge >= 0.3 is 11.9 Å². The topological polar surface area (TPSA) is 39.2 Å². The normalized spacial score (nSPS) is 11.1. The Hall–Kier alpha value is -1.52. The largest absolute Gasteiger partial charge is 0.459 e. The van der Waals surface area contributed by atoms with Crippen molar-refractivity contribution >= 4 is 5.97 Å². The predicted octanol–water partition coefficient (Wildman–Crippen LogP) is 1.74. The Labute approximate surface area is 79.7 Å². The molecule has 1 heterocycles. The van der Waals surface area contributed by atoms with E-state index >= 15 is 0 Å². The van der Waals surface area contributed by atoms with Gasteiger partial charge in [-0.3, -0.25) is 9.78 Å². The number of alkyl halides is 2. The van der Waals surface area contributed by atoms with Crippen LogP contribution in [0.1, 0.15) is 12.5 Å². The number of pyridine rings is 1. The molecule has 0 fully saturated rings. The van der Waals surface area contributed by atoms with Crippen LogP contribution in [0.2, 0.25) is 0 Å². The van der Waals surface area contributed by atoms with Gasteiger partial charge in [-0.2, -0.15) is 8.78 Å². The van der Waals surface area contributed by atoms with Gasteiger partial charge in [0.2, 0.25) is 0 Å². The minimum atomic E-state index is -3.16. The first-order valence-corrected chi connectivity index (χ1v) is 3.94. The summed E-state index contributed by atoms with van der Waals surface area (Å²) in [4.78, 5) is 14.0. The Kier molecular flexibility index (Phi) is 3.11. The molecule has 0 atom stereocenters. The Morgan fingerprint density at radius 3 is 2.57 bits per heavy atom. The number of esters is 1. The standard InChI is InChI=1S/C9H9F2NO2/c1-7(13)14-6-9(10,11)8-2-4-12-5-3-8/h2-5H,6H2,1H3. The van der Waals surface area contributed by atoms with Crippen LogP contribution in [0.3, 0.4) is 0 Å². The molecule has 1 rings (SSSR count). The Morgan fingerprint density at radius 2 is 2.07 bits per heavy atom. The second kappa shape index (κ2) is 4.13. The lowest BCUT2D eigenvalue weighted by atomic mass is 10.1. The summed E-state index contributed by atoms with van der Waals surface area (Å²) < 4.78 is 30.7. The van der Waals surface area contributed by atoms with Crippen LogP contribution in [0.4, 0.5) is 8.78 Å².